The van der Waals surface area contributed by atoms with E-state index < -0.39 is 6.04 Å². The molecule has 0 radical (unpaired) electrons. The molecule has 0 rings (SSSR count). The molecule has 2 heteroatoms. The van der Waals surface area contributed by atoms with Crippen LogP contribution in [0.1, 0.15) is 20.8 Å². The van der Waals surface area contributed by atoms with Gasteiger partial charge in [0, 0.05) is 0 Å². The van der Waals surface area contributed by atoms with Crippen molar-refractivity contribution in [1.29, 1.82) is 0 Å². The molecule has 0 aliphatic carbocycles. The van der Waals surface area contributed by atoms with Gasteiger partial charge in [0.2, 0.25) is 0 Å². The first kappa shape index (κ1) is 9.37. The molecule has 0 saturated heterocycles. The minimum atomic E-state index is -0.426. The van der Waals surface area contributed by atoms with Crippen molar-refractivity contribution < 1.29 is 4.79 Å². The molecule has 0 aromatic heterocycles. The molecule has 0 aromatic rings. The van der Waals surface area contributed by atoms with Gasteiger partial charge in [0.05, 0.1) is 6.04 Å². The highest BCUT2D eigenvalue weighted by Crippen LogP contribution is 2.17. The number of nitrogens with two attached hydrogens (primary N) is 1. The second kappa shape index (κ2) is 2.97. The summed E-state index contributed by atoms with van der Waals surface area (Å²) in [5, 5.41) is 0. The average Bonchev–Trinajstić information content (AvgIpc) is 1.83. The van der Waals surface area contributed by atoms with Gasteiger partial charge in [-0.3, -0.25) is 4.79 Å². The third-order valence-electron chi connectivity index (χ3n) is 1.44. The van der Waals surface area contributed by atoms with Gasteiger partial charge >= 0.3 is 0 Å². The topological polar surface area (TPSA) is 43.1 Å². The maximum atomic E-state index is 10.9. The maximum Gasteiger partial charge on any atom is 0.172 e. The van der Waals surface area contributed by atoms with Crippen LogP contribution in [0.4, 0.5) is 0 Å². The van der Waals surface area contributed by atoms with Crippen LogP contribution in [0.15, 0.2) is 12.7 Å². The summed E-state index contributed by atoms with van der Waals surface area (Å²) in [7, 11) is 0. The van der Waals surface area contributed by atoms with Gasteiger partial charge in [-0.05, 0) is 11.5 Å². The van der Waals surface area contributed by atoms with Gasteiger partial charge in [0.15, 0.2) is 5.78 Å². The summed E-state index contributed by atoms with van der Waals surface area (Å²) < 4.78 is 0. The molecule has 0 fully saturated rings. The Bertz CT molecular complexity index is 144. The number of rotatable bonds is 2. The van der Waals surface area contributed by atoms with E-state index in [-0.39, 0.29) is 11.2 Å². The molecule has 2 N–H and O–H groups in total. The summed E-state index contributed by atoms with van der Waals surface area (Å²) in [5.74, 6) is -0.0903. The lowest BCUT2D eigenvalue weighted by molar-refractivity contribution is -0.117. The predicted molar refractivity (Wildman–Crippen MR) is 42.6 cm³/mol. The van der Waals surface area contributed by atoms with E-state index in [2.05, 4.69) is 6.58 Å². The molecule has 0 saturated carbocycles. The molecule has 0 heterocycles. The molecule has 58 valence electrons. The number of ketones is 1. The van der Waals surface area contributed by atoms with Gasteiger partial charge in [-0.1, -0.05) is 27.4 Å². The Morgan fingerprint density at radius 3 is 2.10 bits per heavy atom. The van der Waals surface area contributed by atoms with Crippen LogP contribution in [-0.2, 0) is 4.79 Å². The van der Waals surface area contributed by atoms with Crippen LogP contribution >= 0.6 is 0 Å². The van der Waals surface area contributed by atoms with Gasteiger partial charge in [0.1, 0.15) is 0 Å². The number of carbonyl (C=O) groups is 1. The van der Waals surface area contributed by atoms with Crippen LogP contribution in [0.3, 0.4) is 0 Å². The minimum absolute atomic E-state index is 0.0903. The first-order valence-electron chi connectivity index (χ1n) is 3.31. The highest BCUT2D eigenvalue weighted by Gasteiger charge is 2.24. The largest absolute Gasteiger partial charge is 0.321 e. The summed E-state index contributed by atoms with van der Waals surface area (Å²) in [6.07, 6.45) is 1.27. The Kier molecular flexibility index (Phi) is 2.78. The van der Waals surface area contributed by atoms with Gasteiger partial charge < -0.3 is 5.73 Å². The van der Waals surface area contributed by atoms with E-state index in [1.165, 1.54) is 6.08 Å². The molecule has 0 aliphatic rings. The lowest BCUT2D eigenvalue weighted by Gasteiger charge is -2.24. The third-order valence-corrected chi connectivity index (χ3v) is 1.44. The van der Waals surface area contributed by atoms with Crippen molar-refractivity contribution in [3.05, 3.63) is 12.7 Å². The fourth-order valence-corrected chi connectivity index (χ4v) is 0.554. The summed E-state index contributed by atoms with van der Waals surface area (Å²) in [6, 6.07) is -0.426. The van der Waals surface area contributed by atoms with E-state index in [1.54, 1.807) is 0 Å². The highest BCUT2D eigenvalue weighted by molar-refractivity contribution is 5.94. The van der Waals surface area contributed by atoms with E-state index >= 15 is 0 Å². The van der Waals surface area contributed by atoms with Crippen molar-refractivity contribution in [2.45, 2.75) is 26.8 Å². The normalized spacial score (nSPS) is 14.4. The Labute approximate surface area is 62.1 Å². The lowest BCUT2D eigenvalue weighted by Crippen LogP contribution is -2.41. The van der Waals surface area contributed by atoms with Crippen LogP contribution in [0.5, 0.6) is 0 Å². The first-order valence-corrected chi connectivity index (χ1v) is 3.31. The van der Waals surface area contributed by atoms with Crippen LogP contribution in [0, 0.1) is 5.41 Å². The van der Waals surface area contributed by atoms with Gasteiger partial charge in [-0.2, -0.15) is 0 Å². The monoisotopic (exact) mass is 141 g/mol. The zero-order chi connectivity index (χ0) is 8.36. The molecule has 1 atom stereocenters. The summed E-state index contributed by atoms with van der Waals surface area (Å²) >= 11 is 0. The summed E-state index contributed by atoms with van der Waals surface area (Å²) in [5.41, 5.74) is 5.42. The van der Waals surface area contributed by atoms with Crippen molar-refractivity contribution in [1.82, 2.24) is 0 Å². The summed E-state index contributed by atoms with van der Waals surface area (Å²) in [4.78, 5) is 10.9. The number of carbonyl (C=O) groups excluding carboxylic acids is 1. The van der Waals surface area contributed by atoms with E-state index in [0.717, 1.165) is 0 Å². The minimum Gasteiger partial charge on any atom is -0.321 e. The van der Waals surface area contributed by atoms with Crippen molar-refractivity contribution in [3.63, 3.8) is 0 Å². The fraction of sp³-hybridized carbons (Fsp3) is 0.625. The van der Waals surface area contributed by atoms with Crippen LogP contribution < -0.4 is 5.73 Å². The summed E-state index contributed by atoms with van der Waals surface area (Å²) in [6.45, 7) is 9.15. The first-order chi connectivity index (χ1) is 4.39. The second-order valence-electron chi connectivity index (χ2n) is 3.45. The number of hydrogen-bond acceptors (Lipinski definition) is 2. The maximum absolute atomic E-state index is 10.9. The quantitative estimate of drug-likeness (QED) is 0.585. The van der Waals surface area contributed by atoms with E-state index in [1.807, 2.05) is 20.8 Å². The SMILES string of the molecule is C=CC(=O)C(N)C(C)(C)C. The fourth-order valence-electron chi connectivity index (χ4n) is 0.554. The van der Waals surface area contributed by atoms with Crippen molar-refractivity contribution in [2.75, 3.05) is 0 Å². The van der Waals surface area contributed by atoms with E-state index in [4.69, 9.17) is 5.73 Å². The zero-order valence-corrected chi connectivity index (χ0v) is 6.85. The van der Waals surface area contributed by atoms with Crippen molar-refractivity contribution in [3.8, 4) is 0 Å². The van der Waals surface area contributed by atoms with Crippen LogP contribution in [0.25, 0.3) is 0 Å². The van der Waals surface area contributed by atoms with Gasteiger partial charge in [0.25, 0.3) is 0 Å². The molecule has 10 heavy (non-hydrogen) atoms. The van der Waals surface area contributed by atoms with Gasteiger partial charge in [-0.15, -0.1) is 0 Å². The van der Waals surface area contributed by atoms with Crippen molar-refractivity contribution >= 4 is 5.78 Å². The van der Waals surface area contributed by atoms with E-state index in [0.29, 0.717) is 0 Å². The van der Waals surface area contributed by atoms with Crippen LogP contribution in [0.2, 0.25) is 0 Å². The second-order valence-corrected chi connectivity index (χ2v) is 3.45. The molecule has 0 aliphatic heterocycles. The molecule has 0 bridgehead atoms. The zero-order valence-electron chi connectivity index (χ0n) is 6.85. The molecule has 0 amide bonds. The predicted octanol–water partition coefficient (Wildman–Crippen LogP) is 1.11. The average molecular weight is 141 g/mol. The van der Waals surface area contributed by atoms with Crippen LogP contribution in [-0.4, -0.2) is 11.8 Å². The molecule has 1 unspecified atom stereocenters. The Balaban J connectivity index is 4.21. The molecule has 0 spiro atoms. The Morgan fingerprint density at radius 1 is 1.60 bits per heavy atom. The third kappa shape index (κ3) is 2.31. The molecule has 2 nitrogen and oxygen atoms in total. The highest BCUT2D eigenvalue weighted by atomic mass is 16.1. The van der Waals surface area contributed by atoms with Gasteiger partial charge in [-0.25, -0.2) is 0 Å². The molecular weight excluding hydrogens is 126 g/mol. The Morgan fingerprint density at radius 2 is 2.00 bits per heavy atom. The smallest absolute Gasteiger partial charge is 0.172 e. The van der Waals surface area contributed by atoms with Crippen molar-refractivity contribution in [2.24, 2.45) is 11.1 Å². The number of hydrogen-bond donors (Lipinski definition) is 1. The standard InChI is InChI=1S/C8H15NO/c1-5-6(10)7(9)8(2,3)4/h5,7H,1,9H2,2-4H3. The molecular formula is C8H15NO. The van der Waals surface area contributed by atoms with E-state index in [9.17, 15) is 4.79 Å². The molecule has 0 aromatic carbocycles. The Hall–Kier alpha value is -0.630. The lowest BCUT2D eigenvalue weighted by atomic mass is 9.85.